The summed E-state index contributed by atoms with van der Waals surface area (Å²) in [5, 5.41) is 11.0. The van der Waals surface area contributed by atoms with E-state index in [2.05, 4.69) is 15.3 Å². The second-order valence-electron chi connectivity index (χ2n) is 3.31. The molecule has 1 aromatic heterocycles. The Balaban J connectivity index is 2.22. The van der Waals surface area contributed by atoms with E-state index in [1.807, 2.05) is 0 Å². The maximum atomic E-state index is 11.3. The number of rotatable bonds is 6. The molecule has 1 aromatic rings. The molecule has 1 heterocycles. The summed E-state index contributed by atoms with van der Waals surface area (Å²) in [6, 6.07) is -1.00. The highest BCUT2D eigenvalue weighted by atomic mass is 16.4. The van der Waals surface area contributed by atoms with Crippen LogP contribution in [0, 0.1) is 0 Å². The van der Waals surface area contributed by atoms with Crippen molar-refractivity contribution < 1.29 is 14.7 Å². The third-order valence-corrected chi connectivity index (χ3v) is 1.97. The number of carboxylic acids is 1. The second kappa shape index (κ2) is 5.86. The number of H-pyrrole nitrogens is 1. The van der Waals surface area contributed by atoms with Gasteiger partial charge in [0.1, 0.15) is 0 Å². The van der Waals surface area contributed by atoms with E-state index >= 15 is 0 Å². The molecule has 7 heteroatoms. The first-order valence-electron chi connectivity index (χ1n) is 4.82. The Morgan fingerprint density at radius 3 is 2.94 bits per heavy atom. The molecule has 1 rings (SSSR count). The first-order chi connectivity index (χ1) is 7.59. The normalized spacial score (nSPS) is 12.1. The van der Waals surface area contributed by atoms with Gasteiger partial charge in [0.2, 0.25) is 5.91 Å². The zero-order chi connectivity index (χ0) is 12.0. The van der Waals surface area contributed by atoms with Gasteiger partial charge in [-0.25, -0.2) is 4.98 Å². The molecule has 0 saturated carbocycles. The molecule has 0 aliphatic rings. The molecule has 0 spiro atoms. The van der Waals surface area contributed by atoms with Gasteiger partial charge in [0, 0.05) is 19.2 Å². The van der Waals surface area contributed by atoms with E-state index in [0.717, 1.165) is 5.69 Å². The standard InChI is InChI=1S/C9H14N4O3/c10-7(3-8(14)15)9(16)12-2-1-6-4-11-5-13-6/h4-5,7H,1-3,10H2,(H,11,13)(H,12,16)(H,14,15)/t7-/m0/s1. The van der Waals surface area contributed by atoms with Crippen molar-refractivity contribution in [1.82, 2.24) is 15.3 Å². The molecule has 7 nitrogen and oxygen atoms in total. The summed E-state index contributed by atoms with van der Waals surface area (Å²) >= 11 is 0. The number of nitrogens with two attached hydrogens (primary N) is 1. The van der Waals surface area contributed by atoms with Gasteiger partial charge in [0.05, 0.1) is 24.5 Å². The Morgan fingerprint density at radius 1 is 1.62 bits per heavy atom. The van der Waals surface area contributed by atoms with Crippen LogP contribution in [0.1, 0.15) is 12.1 Å². The number of amides is 1. The van der Waals surface area contributed by atoms with Crippen molar-refractivity contribution in [2.24, 2.45) is 5.73 Å². The van der Waals surface area contributed by atoms with Gasteiger partial charge in [-0.05, 0) is 0 Å². The largest absolute Gasteiger partial charge is 0.481 e. The van der Waals surface area contributed by atoms with E-state index in [1.165, 1.54) is 0 Å². The van der Waals surface area contributed by atoms with Crippen molar-refractivity contribution in [3.8, 4) is 0 Å². The van der Waals surface area contributed by atoms with Crippen molar-refractivity contribution in [2.75, 3.05) is 6.54 Å². The molecule has 88 valence electrons. The SMILES string of the molecule is N[C@@H](CC(=O)O)C(=O)NCCc1c[nH]cn1. The maximum Gasteiger partial charge on any atom is 0.305 e. The number of imidazole rings is 1. The lowest BCUT2D eigenvalue weighted by molar-refractivity contribution is -0.139. The van der Waals surface area contributed by atoms with Crippen molar-refractivity contribution in [2.45, 2.75) is 18.9 Å². The molecular formula is C9H14N4O3. The van der Waals surface area contributed by atoms with Crippen LogP contribution < -0.4 is 11.1 Å². The van der Waals surface area contributed by atoms with Gasteiger partial charge < -0.3 is 21.1 Å². The molecule has 16 heavy (non-hydrogen) atoms. The van der Waals surface area contributed by atoms with Gasteiger partial charge in [-0.15, -0.1) is 0 Å². The molecule has 5 N–H and O–H groups in total. The third-order valence-electron chi connectivity index (χ3n) is 1.97. The smallest absolute Gasteiger partial charge is 0.305 e. The molecular weight excluding hydrogens is 212 g/mol. The minimum atomic E-state index is -1.09. The molecule has 0 saturated heterocycles. The highest BCUT2D eigenvalue weighted by molar-refractivity contribution is 5.85. The second-order valence-corrected chi connectivity index (χ2v) is 3.31. The predicted octanol–water partition coefficient (Wildman–Crippen LogP) is -1.13. The van der Waals surface area contributed by atoms with Crippen LogP contribution in [0.5, 0.6) is 0 Å². The van der Waals surface area contributed by atoms with Crippen molar-refractivity contribution >= 4 is 11.9 Å². The Labute approximate surface area is 92.1 Å². The fraction of sp³-hybridized carbons (Fsp3) is 0.444. The summed E-state index contributed by atoms with van der Waals surface area (Å²) in [5.41, 5.74) is 6.19. The van der Waals surface area contributed by atoms with E-state index in [9.17, 15) is 9.59 Å². The Bertz CT molecular complexity index is 350. The van der Waals surface area contributed by atoms with E-state index in [1.54, 1.807) is 12.5 Å². The lowest BCUT2D eigenvalue weighted by Gasteiger charge is -2.09. The fourth-order valence-electron chi connectivity index (χ4n) is 1.15. The van der Waals surface area contributed by atoms with Gasteiger partial charge in [-0.1, -0.05) is 0 Å². The zero-order valence-electron chi connectivity index (χ0n) is 8.64. The lowest BCUT2D eigenvalue weighted by atomic mass is 10.2. The number of aliphatic carboxylic acids is 1. The van der Waals surface area contributed by atoms with Crippen molar-refractivity contribution in [3.05, 3.63) is 18.2 Å². The summed E-state index contributed by atoms with van der Waals surface area (Å²) in [4.78, 5) is 28.3. The Morgan fingerprint density at radius 2 is 2.38 bits per heavy atom. The zero-order valence-corrected chi connectivity index (χ0v) is 8.64. The van der Waals surface area contributed by atoms with Gasteiger partial charge in [0.15, 0.2) is 0 Å². The number of nitrogens with zero attached hydrogens (tertiary/aromatic N) is 1. The highest BCUT2D eigenvalue weighted by Gasteiger charge is 2.16. The van der Waals surface area contributed by atoms with Crippen LogP contribution >= 0.6 is 0 Å². The Hall–Kier alpha value is -1.89. The molecule has 0 aliphatic carbocycles. The average molecular weight is 226 g/mol. The lowest BCUT2D eigenvalue weighted by Crippen LogP contribution is -2.42. The van der Waals surface area contributed by atoms with E-state index < -0.39 is 17.9 Å². The number of nitrogens with one attached hydrogen (secondary N) is 2. The molecule has 0 unspecified atom stereocenters. The first-order valence-corrected chi connectivity index (χ1v) is 4.82. The van der Waals surface area contributed by atoms with Crippen LogP contribution in [-0.2, 0) is 16.0 Å². The first kappa shape index (κ1) is 12.2. The minimum absolute atomic E-state index is 0.367. The summed E-state index contributed by atoms with van der Waals surface area (Å²) < 4.78 is 0. The molecule has 0 aromatic carbocycles. The van der Waals surface area contributed by atoms with Gasteiger partial charge in [0.25, 0.3) is 0 Å². The van der Waals surface area contributed by atoms with Crippen LogP contribution in [0.25, 0.3) is 0 Å². The number of hydrogen-bond donors (Lipinski definition) is 4. The van der Waals surface area contributed by atoms with Gasteiger partial charge >= 0.3 is 5.97 Å². The number of aromatic nitrogens is 2. The predicted molar refractivity (Wildman–Crippen MR) is 55.5 cm³/mol. The highest BCUT2D eigenvalue weighted by Crippen LogP contribution is 1.92. The number of carbonyl (C=O) groups is 2. The van der Waals surface area contributed by atoms with Crippen LogP contribution in [0.2, 0.25) is 0 Å². The van der Waals surface area contributed by atoms with Crippen LogP contribution in [0.4, 0.5) is 0 Å². The minimum Gasteiger partial charge on any atom is -0.481 e. The van der Waals surface area contributed by atoms with Crippen molar-refractivity contribution in [1.29, 1.82) is 0 Å². The van der Waals surface area contributed by atoms with Crippen LogP contribution in [0.15, 0.2) is 12.5 Å². The maximum absolute atomic E-state index is 11.3. The average Bonchev–Trinajstić information content (AvgIpc) is 2.69. The molecule has 1 amide bonds. The summed E-state index contributed by atoms with van der Waals surface area (Å²) in [7, 11) is 0. The van der Waals surface area contributed by atoms with Gasteiger partial charge in [-0.3, -0.25) is 9.59 Å². The molecule has 0 aliphatic heterocycles. The number of carbonyl (C=O) groups excluding carboxylic acids is 1. The third kappa shape index (κ3) is 4.09. The summed E-state index contributed by atoms with van der Waals surface area (Å²) in [6.45, 7) is 0.386. The van der Waals surface area contributed by atoms with E-state index in [-0.39, 0.29) is 6.42 Å². The molecule has 1 atom stereocenters. The quantitative estimate of drug-likeness (QED) is 0.489. The van der Waals surface area contributed by atoms with Crippen molar-refractivity contribution in [3.63, 3.8) is 0 Å². The summed E-state index contributed by atoms with van der Waals surface area (Å²) in [5.74, 6) is -1.55. The van der Waals surface area contributed by atoms with Gasteiger partial charge in [-0.2, -0.15) is 0 Å². The molecule has 0 bridgehead atoms. The summed E-state index contributed by atoms with van der Waals surface area (Å²) in [6.07, 6.45) is 3.49. The number of aromatic amines is 1. The number of carboxylic acid groups (broad SMARTS) is 1. The van der Waals surface area contributed by atoms with Crippen LogP contribution in [-0.4, -0.2) is 39.5 Å². The van der Waals surface area contributed by atoms with E-state index in [4.69, 9.17) is 10.8 Å². The van der Waals surface area contributed by atoms with E-state index in [0.29, 0.717) is 13.0 Å². The monoisotopic (exact) mass is 226 g/mol. The molecule has 0 radical (unpaired) electrons. The fourth-order valence-corrected chi connectivity index (χ4v) is 1.15. The van der Waals surface area contributed by atoms with Crippen LogP contribution in [0.3, 0.4) is 0 Å². The molecule has 0 fully saturated rings. The Kier molecular flexibility index (Phi) is 4.46. The topological polar surface area (TPSA) is 121 Å². The number of hydrogen-bond acceptors (Lipinski definition) is 4.